The molecule has 0 spiro atoms. The quantitative estimate of drug-likeness (QED) is 0.534. The fourth-order valence-corrected chi connectivity index (χ4v) is 3.03. The van der Waals surface area contributed by atoms with E-state index in [0.717, 1.165) is 18.4 Å². The lowest BCUT2D eigenvalue weighted by Crippen LogP contribution is -2.25. The van der Waals surface area contributed by atoms with Crippen molar-refractivity contribution in [3.63, 3.8) is 0 Å². The van der Waals surface area contributed by atoms with E-state index < -0.39 is 5.92 Å². The van der Waals surface area contributed by atoms with E-state index in [9.17, 15) is 9.59 Å². The third-order valence-corrected chi connectivity index (χ3v) is 4.17. The lowest BCUT2D eigenvalue weighted by Gasteiger charge is -2.17. The largest absolute Gasteiger partial charge is 0.465 e. The highest BCUT2D eigenvalue weighted by atomic mass is 16.5. The molecular weight excluding hydrogens is 316 g/mol. The van der Waals surface area contributed by atoms with Gasteiger partial charge in [-0.1, -0.05) is 51.1 Å². The van der Waals surface area contributed by atoms with Gasteiger partial charge >= 0.3 is 5.97 Å². The predicted molar refractivity (Wildman–Crippen MR) is 99.3 cm³/mol. The Balaban J connectivity index is 2.57. The fourth-order valence-electron chi connectivity index (χ4n) is 3.03. The molecule has 2 atom stereocenters. The van der Waals surface area contributed by atoms with Crippen LogP contribution in [0, 0.1) is 17.8 Å². The third kappa shape index (κ3) is 9.40. The number of hydrogen-bond donors (Lipinski definition) is 0. The van der Waals surface area contributed by atoms with Crippen LogP contribution < -0.4 is 0 Å². The van der Waals surface area contributed by atoms with Crippen molar-refractivity contribution in [2.75, 3.05) is 20.3 Å². The second kappa shape index (κ2) is 11.8. The molecule has 0 fully saturated rings. The molecule has 0 aromatic heterocycles. The highest BCUT2D eigenvalue weighted by Gasteiger charge is 2.24. The van der Waals surface area contributed by atoms with E-state index in [1.807, 2.05) is 30.3 Å². The van der Waals surface area contributed by atoms with E-state index >= 15 is 0 Å². The molecule has 0 saturated carbocycles. The molecule has 0 saturated heterocycles. The summed E-state index contributed by atoms with van der Waals surface area (Å²) in [7, 11) is 1.48. The van der Waals surface area contributed by atoms with E-state index in [1.165, 1.54) is 7.11 Å². The molecule has 0 radical (unpaired) electrons. The van der Waals surface area contributed by atoms with Crippen molar-refractivity contribution in [2.24, 2.45) is 17.8 Å². The minimum atomic E-state index is -0.453. The van der Waals surface area contributed by atoms with Crippen LogP contribution in [0.3, 0.4) is 0 Å². The van der Waals surface area contributed by atoms with E-state index in [-0.39, 0.29) is 24.8 Å². The summed E-state index contributed by atoms with van der Waals surface area (Å²) in [4.78, 5) is 24.4. The first-order chi connectivity index (χ1) is 11.9. The van der Waals surface area contributed by atoms with Gasteiger partial charge in [-0.15, -0.1) is 0 Å². The van der Waals surface area contributed by atoms with Gasteiger partial charge in [-0.2, -0.15) is 0 Å². The van der Waals surface area contributed by atoms with Crippen LogP contribution in [0.15, 0.2) is 30.3 Å². The number of esters is 1. The molecule has 0 amide bonds. The Kier molecular flexibility index (Phi) is 10.1. The topological polar surface area (TPSA) is 52.6 Å². The number of carbonyl (C=O) groups is 2. The van der Waals surface area contributed by atoms with Crippen molar-refractivity contribution in [2.45, 2.75) is 46.5 Å². The maximum Gasteiger partial charge on any atom is 0.309 e. The second-order valence-corrected chi connectivity index (χ2v) is 7.25. The molecule has 2 unspecified atom stereocenters. The van der Waals surface area contributed by atoms with E-state index in [2.05, 4.69) is 20.8 Å². The van der Waals surface area contributed by atoms with Gasteiger partial charge in [-0.05, 0) is 36.7 Å². The Labute approximate surface area is 151 Å². The molecule has 0 aliphatic rings. The van der Waals surface area contributed by atoms with E-state index in [0.29, 0.717) is 24.9 Å². The molecule has 140 valence electrons. The zero-order valence-electron chi connectivity index (χ0n) is 16.0. The van der Waals surface area contributed by atoms with Crippen molar-refractivity contribution in [3.8, 4) is 0 Å². The van der Waals surface area contributed by atoms with Gasteiger partial charge in [0.25, 0.3) is 0 Å². The normalized spacial score (nSPS) is 13.5. The number of Topliss-reactive ketones (excluding diaryl/α,β-unsaturated/α-hetero) is 1. The summed E-state index contributed by atoms with van der Waals surface area (Å²) in [5.74, 6) is 0.350. The van der Waals surface area contributed by atoms with Crippen molar-refractivity contribution in [1.82, 2.24) is 0 Å². The van der Waals surface area contributed by atoms with Crippen molar-refractivity contribution in [3.05, 3.63) is 35.9 Å². The highest BCUT2D eigenvalue weighted by molar-refractivity contribution is 5.85. The zero-order chi connectivity index (χ0) is 18.7. The van der Waals surface area contributed by atoms with Crippen LogP contribution in [0.5, 0.6) is 0 Å². The van der Waals surface area contributed by atoms with E-state index in [4.69, 9.17) is 9.47 Å². The number of benzene rings is 1. The smallest absolute Gasteiger partial charge is 0.309 e. The van der Waals surface area contributed by atoms with Gasteiger partial charge in [0.05, 0.1) is 12.5 Å². The molecule has 0 heterocycles. The molecule has 1 rings (SSSR count). The Hall–Kier alpha value is -1.68. The van der Waals surface area contributed by atoms with Gasteiger partial charge in [0.15, 0.2) is 5.78 Å². The summed E-state index contributed by atoms with van der Waals surface area (Å²) in [6.07, 6.45) is 2.64. The standard InChI is InChI=1S/C21H32O4/c1-16(2)12-17(3)10-11-25-21(23)19(14-20(22)15-24-4)13-18-8-6-5-7-9-18/h5-9,16-17,19H,10-15H2,1-4H3. The first-order valence-electron chi connectivity index (χ1n) is 9.13. The first-order valence-corrected chi connectivity index (χ1v) is 9.13. The Bertz CT molecular complexity index is 510. The summed E-state index contributed by atoms with van der Waals surface area (Å²) in [6, 6.07) is 9.73. The summed E-state index contributed by atoms with van der Waals surface area (Å²) in [5.41, 5.74) is 1.03. The number of ketones is 1. The fraction of sp³-hybridized carbons (Fsp3) is 0.619. The average molecular weight is 348 g/mol. The molecule has 4 nitrogen and oxygen atoms in total. The number of methoxy groups -OCH3 is 1. The Morgan fingerprint density at radius 1 is 1.08 bits per heavy atom. The average Bonchev–Trinajstić information content (AvgIpc) is 2.54. The summed E-state index contributed by atoms with van der Waals surface area (Å²) >= 11 is 0. The molecule has 4 heteroatoms. The summed E-state index contributed by atoms with van der Waals surface area (Å²) in [6.45, 7) is 7.01. The summed E-state index contributed by atoms with van der Waals surface area (Å²) < 4.78 is 10.4. The van der Waals surface area contributed by atoms with Crippen LogP contribution in [0.4, 0.5) is 0 Å². The van der Waals surface area contributed by atoms with Gasteiger partial charge in [-0.25, -0.2) is 0 Å². The molecule has 1 aromatic rings. The van der Waals surface area contributed by atoms with Gasteiger partial charge in [0.1, 0.15) is 6.61 Å². The van der Waals surface area contributed by atoms with Crippen molar-refractivity contribution < 1.29 is 19.1 Å². The van der Waals surface area contributed by atoms with E-state index in [1.54, 1.807) is 0 Å². The molecule has 1 aromatic carbocycles. The Morgan fingerprint density at radius 3 is 2.36 bits per heavy atom. The van der Waals surface area contributed by atoms with Crippen LogP contribution >= 0.6 is 0 Å². The number of ether oxygens (including phenoxy) is 2. The number of rotatable bonds is 12. The highest BCUT2D eigenvalue weighted by Crippen LogP contribution is 2.17. The minimum absolute atomic E-state index is 0.0317. The van der Waals surface area contributed by atoms with Gasteiger partial charge in [-0.3, -0.25) is 9.59 Å². The van der Waals surface area contributed by atoms with Crippen molar-refractivity contribution in [1.29, 1.82) is 0 Å². The van der Waals surface area contributed by atoms with Crippen LogP contribution in [0.25, 0.3) is 0 Å². The molecule has 25 heavy (non-hydrogen) atoms. The van der Waals surface area contributed by atoms with Crippen LogP contribution in [-0.2, 0) is 25.5 Å². The third-order valence-electron chi connectivity index (χ3n) is 4.17. The predicted octanol–water partition coefficient (Wildman–Crippen LogP) is 4.07. The van der Waals surface area contributed by atoms with Gasteiger partial charge in [0.2, 0.25) is 0 Å². The maximum absolute atomic E-state index is 12.5. The summed E-state index contributed by atoms with van der Waals surface area (Å²) in [5, 5.41) is 0. The van der Waals surface area contributed by atoms with Crippen LogP contribution in [-0.4, -0.2) is 32.1 Å². The number of hydrogen-bond acceptors (Lipinski definition) is 4. The first kappa shape index (κ1) is 21.4. The maximum atomic E-state index is 12.5. The van der Waals surface area contributed by atoms with Gasteiger partial charge < -0.3 is 9.47 Å². The molecular formula is C21H32O4. The minimum Gasteiger partial charge on any atom is -0.465 e. The monoisotopic (exact) mass is 348 g/mol. The van der Waals surface area contributed by atoms with Crippen molar-refractivity contribution >= 4 is 11.8 Å². The lowest BCUT2D eigenvalue weighted by atomic mass is 9.94. The number of carbonyl (C=O) groups excluding carboxylic acids is 2. The zero-order valence-corrected chi connectivity index (χ0v) is 16.0. The molecule has 0 bridgehead atoms. The lowest BCUT2D eigenvalue weighted by molar-refractivity contribution is -0.150. The molecule has 0 N–H and O–H groups in total. The van der Waals surface area contributed by atoms with Crippen LogP contribution in [0.1, 0.15) is 45.6 Å². The van der Waals surface area contributed by atoms with Gasteiger partial charge in [0, 0.05) is 13.5 Å². The van der Waals surface area contributed by atoms with Crippen LogP contribution in [0.2, 0.25) is 0 Å². The Morgan fingerprint density at radius 2 is 1.76 bits per heavy atom. The SMILES string of the molecule is COCC(=O)CC(Cc1ccccc1)C(=O)OCCC(C)CC(C)C. The molecule has 0 aliphatic heterocycles. The molecule has 0 aliphatic carbocycles. The second-order valence-electron chi connectivity index (χ2n) is 7.25.